The molecule has 1 amide bonds. The molecule has 0 radical (unpaired) electrons. The molecule has 7 nitrogen and oxygen atoms in total. The highest BCUT2D eigenvalue weighted by atomic mass is 35.5. The molecule has 2 rings (SSSR count). The number of methoxy groups -OCH3 is 2. The summed E-state index contributed by atoms with van der Waals surface area (Å²) in [5.74, 6) is 0.312. The number of amides is 1. The van der Waals surface area contributed by atoms with Crippen LogP contribution in [0.1, 0.15) is 10.4 Å². The van der Waals surface area contributed by atoms with Crippen LogP contribution in [-0.4, -0.2) is 41.8 Å². The first-order chi connectivity index (χ1) is 12.2. The van der Waals surface area contributed by atoms with Gasteiger partial charge >= 0.3 is 0 Å². The van der Waals surface area contributed by atoms with Crippen molar-refractivity contribution in [3.63, 3.8) is 0 Å². The summed E-state index contributed by atoms with van der Waals surface area (Å²) in [7, 11) is 0.800. The molecule has 0 heterocycles. The largest absolute Gasteiger partial charge is 0.493 e. The van der Waals surface area contributed by atoms with Crippen molar-refractivity contribution in [2.24, 2.45) is 0 Å². The van der Waals surface area contributed by atoms with Crippen LogP contribution in [0.3, 0.4) is 0 Å². The van der Waals surface area contributed by atoms with E-state index < -0.39 is 15.9 Å². The maximum Gasteiger partial charge on any atom is 0.257 e. The lowest BCUT2D eigenvalue weighted by molar-refractivity contribution is 0.102. The molecular formula is C17H19ClN2O5S. The fourth-order valence-corrected chi connectivity index (χ4v) is 2.98. The van der Waals surface area contributed by atoms with Gasteiger partial charge in [-0.25, -0.2) is 8.42 Å². The third kappa shape index (κ3) is 4.20. The molecule has 0 aliphatic rings. The third-order valence-corrected chi connectivity index (χ3v) is 5.21. The molecule has 0 saturated heterocycles. The van der Waals surface area contributed by atoms with Crippen molar-refractivity contribution in [3.05, 3.63) is 47.0 Å². The number of sulfonamides is 1. The molecule has 0 saturated carbocycles. The van der Waals surface area contributed by atoms with Gasteiger partial charge in [-0.05, 0) is 12.1 Å². The van der Waals surface area contributed by atoms with Gasteiger partial charge in [-0.15, -0.1) is 0 Å². The molecule has 0 aliphatic heterocycles. The molecule has 0 spiro atoms. The summed E-state index contributed by atoms with van der Waals surface area (Å²) in [5.41, 5.74) is 0.751. The second-order valence-electron chi connectivity index (χ2n) is 5.39. The number of nitrogens with zero attached hydrogens (tertiary/aromatic N) is 1. The number of anilines is 2. The molecule has 0 bridgehead atoms. The predicted octanol–water partition coefficient (Wildman–Crippen LogP) is 3.01. The van der Waals surface area contributed by atoms with Crippen molar-refractivity contribution in [2.45, 2.75) is 0 Å². The molecule has 0 unspecified atom stereocenters. The first-order valence-electron chi connectivity index (χ1n) is 7.44. The van der Waals surface area contributed by atoms with Gasteiger partial charge in [0.1, 0.15) is 0 Å². The van der Waals surface area contributed by atoms with Gasteiger partial charge in [0, 0.05) is 19.2 Å². The Morgan fingerprint density at radius 3 is 2.27 bits per heavy atom. The number of benzene rings is 2. The number of hydrogen-bond acceptors (Lipinski definition) is 5. The summed E-state index contributed by atoms with van der Waals surface area (Å²) in [6, 6.07) is 9.42. The minimum absolute atomic E-state index is 0.186. The molecule has 140 valence electrons. The highest BCUT2D eigenvalue weighted by Gasteiger charge is 2.20. The van der Waals surface area contributed by atoms with Crippen LogP contribution in [0, 0.1) is 0 Å². The fraction of sp³-hybridized carbons (Fsp3) is 0.235. The van der Waals surface area contributed by atoms with Gasteiger partial charge in [0.05, 0.1) is 42.4 Å². The van der Waals surface area contributed by atoms with Crippen LogP contribution >= 0.6 is 11.6 Å². The number of rotatable bonds is 6. The summed E-state index contributed by atoms with van der Waals surface area (Å²) >= 11 is 6.19. The van der Waals surface area contributed by atoms with E-state index >= 15 is 0 Å². The van der Waals surface area contributed by atoms with Crippen molar-refractivity contribution < 1.29 is 22.7 Å². The van der Waals surface area contributed by atoms with Crippen LogP contribution in [0.4, 0.5) is 11.4 Å². The second kappa shape index (κ2) is 7.84. The van der Waals surface area contributed by atoms with Crippen LogP contribution in [0.2, 0.25) is 5.02 Å². The van der Waals surface area contributed by atoms with E-state index in [0.717, 1.165) is 10.6 Å². The highest BCUT2D eigenvalue weighted by Crippen LogP contribution is 2.36. The Hall–Kier alpha value is -2.45. The van der Waals surface area contributed by atoms with Gasteiger partial charge in [0.25, 0.3) is 5.91 Å². The van der Waals surface area contributed by atoms with Gasteiger partial charge in [0.2, 0.25) is 10.0 Å². The third-order valence-electron chi connectivity index (χ3n) is 3.71. The lowest BCUT2D eigenvalue weighted by Gasteiger charge is -2.20. The van der Waals surface area contributed by atoms with Crippen LogP contribution in [0.15, 0.2) is 36.4 Å². The molecule has 26 heavy (non-hydrogen) atoms. The average Bonchev–Trinajstić information content (AvgIpc) is 2.61. The first-order valence-corrected chi connectivity index (χ1v) is 9.67. The number of para-hydroxylation sites is 1. The van der Waals surface area contributed by atoms with E-state index in [1.807, 2.05) is 0 Å². The topological polar surface area (TPSA) is 84.9 Å². The van der Waals surface area contributed by atoms with E-state index in [-0.39, 0.29) is 16.3 Å². The molecule has 9 heteroatoms. The number of nitrogens with one attached hydrogen (secondary N) is 1. The van der Waals surface area contributed by atoms with Gasteiger partial charge in [0.15, 0.2) is 11.5 Å². The average molecular weight is 399 g/mol. The fourth-order valence-electron chi connectivity index (χ4n) is 2.26. The van der Waals surface area contributed by atoms with Crippen LogP contribution in [0.5, 0.6) is 11.5 Å². The van der Waals surface area contributed by atoms with Crippen molar-refractivity contribution in [1.82, 2.24) is 0 Å². The molecule has 0 aromatic heterocycles. The van der Waals surface area contributed by atoms with E-state index in [4.69, 9.17) is 21.1 Å². The normalized spacial score (nSPS) is 11.0. The molecule has 1 N–H and O–H groups in total. The number of hydrogen-bond donors (Lipinski definition) is 1. The quantitative estimate of drug-likeness (QED) is 0.808. The van der Waals surface area contributed by atoms with E-state index in [2.05, 4.69) is 5.32 Å². The molecule has 0 aliphatic carbocycles. The molecule has 2 aromatic rings. The lowest BCUT2D eigenvalue weighted by atomic mass is 10.1. The molecule has 0 atom stereocenters. The van der Waals surface area contributed by atoms with Crippen LogP contribution in [0.25, 0.3) is 0 Å². The van der Waals surface area contributed by atoms with Gasteiger partial charge < -0.3 is 14.8 Å². The summed E-state index contributed by atoms with van der Waals surface area (Å²) in [6.45, 7) is 0. The zero-order valence-electron chi connectivity index (χ0n) is 14.7. The van der Waals surface area contributed by atoms with Crippen molar-refractivity contribution in [2.75, 3.05) is 37.1 Å². The van der Waals surface area contributed by atoms with Crippen molar-refractivity contribution >= 4 is 38.9 Å². The van der Waals surface area contributed by atoms with Crippen molar-refractivity contribution in [1.29, 1.82) is 0 Å². The Labute approximate surface area is 157 Å². The zero-order chi connectivity index (χ0) is 19.5. The maximum atomic E-state index is 12.7. The predicted molar refractivity (Wildman–Crippen MR) is 102 cm³/mol. The summed E-state index contributed by atoms with van der Waals surface area (Å²) in [6.07, 6.45) is 1.06. The van der Waals surface area contributed by atoms with Gasteiger partial charge in [-0.2, -0.15) is 0 Å². The second-order valence-corrected chi connectivity index (χ2v) is 7.81. The zero-order valence-corrected chi connectivity index (χ0v) is 16.3. The molecule has 2 aromatic carbocycles. The summed E-state index contributed by atoms with van der Waals surface area (Å²) in [4.78, 5) is 12.7. The summed E-state index contributed by atoms with van der Waals surface area (Å²) in [5, 5.41) is 2.93. The minimum Gasteiger partial charge on any atom is -0.493 e. The minimum atomic E-state index is -3.52. The Morgan fingerprint density at radius 2 is 1.69 bits per heavy atom. The monoisotopic (exact) mass is 398 g/mol. The number of carbonyl (C=O) groups excluding carboxylic acids is 1. The van der Waals surface area contributed by atoms with E-state index in [1.165, 1.54) is 39.5 Å². The Kier molecular flexibility index (Phi) is 5.99. The number of ether oxygens (including phenoxy) is 2. The summed E-state index contributed by atoms with van der Waals surface area (Å²) < 4.78 is 35.0. The van der Waals surface area contributed by atoms with E-state index in [0.29, 0.717) is 17.2 Å². The lowest BCUT2D eigenvalue weighted by Crippen LogP contribution is -2.27. The van der Waals surface area contributed by atoms with Crippen molar-refractivity contribution in [3.8, 4) is 11.5 Å². The van der Waals surface area contributed by atoms with E-state index in [9.17, 15) is 13.2 Å². The maximum absolute atomic E-state index is 12.7. The standard InChI is InChI=1S/C17H19ClN2O5S/c1-20(26(4,22)23)14-8-6-5-7-11(14)17(21)19-13-10-16(25-3)15(24-2)9-12(13)18/h5-10H,1-4H3,(H,19,21). The van der Waals surface area contributed by atoms with E-state index in [1.54, 1.807) is 18.2 Å². The molecule has 0 fully saturated rings. The molecular weight excluding hydrogens is 380 g/mol. The Balaban J connectivity index is 2.41. The number of carbonyl (C=O) groups is 1. The Morgan fingerprint density at radius 1 is 1.12 bits per heavy atom. The SMILES string of the molecule is COc1cc(Cl)c(NC(=O)c2ccccc2N(C)S(C)(=O)=O)cc1OC. The number of halogens is 1. The van der Waals surface area contributed by atoms with Gasteiger partial charge in [-0.1, -0.05) is 23.7 Å². The smallest absolute Gasteiger partial charge is 0.257 e. The van der Waals surface area contributed by atoms with Gasteiger partial charge in [-0.3, -0.25) is 9.10 Å². The van der Waals surface area contributed by atoms with Crippen LogP contribution in [-0.2, 0) is 10.0 Å². The Bertz CT molecular complexity index is 931. The van der Waals surface area contributed by atoms with Crippen LogP contribution < -0.4 is 19.1 Å². The first kappa shape index (κ1) is 19.9. The highest BCUT2D eigenvalue weighted by molar-refractivity contribution is 7.92.